The number of hydrogen-bond acceptors (Lipinski definition) is 2. The number of hydroxylamine groups is 2. The van der Waals surface area contributed by atoms with Gasteiger partial charge in [-0.2, -0.15) is 0 Å². The number of rotatable bonds is 7. The van der Waals surface area contributed by atoms with E-state index in [0.717, 1.165) is 12.0 Å². The summed E-state index contributed by atoms with van der Waals surface area (Å²) in [6.07, 6.45) is 1.71. The minimum absolute atomic E-state index is 0. The Morgan fingerprint density at radius 2 is 1.39 bits per heavy atom. The SMILES string of the molecule is CCC(=O)N([O-])CCCc1cccc(-c2cccc(-c3ccccc3)c2)c1.[K+]. The van der Waals surface area contributed by atoms with Crippen molar-refractivity contribution in [2.24, 2.45) is 0 Å². The summed E-state index contributed by atoms with van der Waals surface area (Å²) in [7, 11) is 0. The third kappa shape index (κ3) is 6.38. The standard InChI is InChI=1S/C24H24NO2.K/c1-2-24(26)25(27)16-8-10-19-9-6-13-21(17-19)23-15-7-14-22(18-23)20-11-4-3-5-12-20;/h3-7,9,11-15,17-18H,2,8,10,16H2,1H3;/q-1;+1. The van der Waals surface area contributed by atoms with Crippen molar-refractivity contribution in [1.82, 2.24) is 5.06 Å². The van der Waals surface area contributed by atoms with Crippen molar-refractivity contribution >= 4 is 5.91 Å². The summed E-state index contributed by atoms with van der Waals surface area (Å²) in [4.78, 5) is 11.4. The van der Waals surface area contributed by atoms with Crippen molar-refractivity contribution in [3.63, 3.8) is 0 Å². The third-order valence-corrected chi connectivity index (χ3v) is 4.64. The first-order chi connectivity index (χ1) is 13.2. The molecule has 0 saturated carbocycles. The predicted molar refractivity (Wildman–Crippen MR) is 111 cm³/mol. The summed E-state index contributed by atoms with van der Waals surface area (Å²) in [5.74, 6) is -0.346. The first-order valence-electron chi connectivity index (χ1n) is 9.39. The van der Waals surface area contributed by atoms with E-state index in [-0.39, 0.29) is 70.3 Å². The normalized spacial score (nSPS) is 10.2. The molecule has 0 aliphatic rings. The second-order valence-electron chi connectivity index (χ2n) is 6.60. The molecule has 4 heteroatoms. The molecule has 0 radical (unpaired) electrons. The average molecular weight is 398 g/mol. The fraction of sp³-hybridized carbons (Fsp3) is 0.208. The average Bonchev–Trinajstić information content (AvgIpc) is 2.74. The van der Waals surface area contributed by atoms with E-state index in [1.54, 1.807) is 6.92 Å². The molecule has 0 heterocycles. The molecule has 0 N–H and O–H groups in total. The van der Waals surface area contributed by atoms with Gasteiger partial charge < -0.3 is 10.3 Å². The zero-order chi connectivity index (χ0) is 19.1. The van der Waals surface area contributed by atoms with E-state index in [9.17, 15) is 10.0 Å². The smallest absolute Gasteiger partial charge is 0.756 e. The van der Waals surface area contributed by atoms with Crippen molar-refractivity contribution in [1.29, 1.82) is 0 Å². The van der Waals surface area contributed by atoms with Crippen LogP contribution in [0.4, 0.5) is 0 Å². The molecule has 0 atom stereocenters. The summed E-state index contributed by atoms with van der Waals surface area (Å²) < 4.78 is 0. The maximum absolute atomic E-state index is 11.6. The summed E-state index contributed by atoms with van der Waals surface area (Å²) in [5.41, 5.74) is 5.90. The Morgan fingerprint density at radius 3 is 2.07 bits per heavy atom. The van der Waals surface area contributed by atoms with Crippen molar-refractivity contribution in [3.8, 4) is 22.3 Å². The van der Waals surface area contributed by atoms with Crippen LogP contribution in [0.15, 0.2) is 78.9 Å². The van der Waals surface area contributed by atoms with Gasteiger partial charge >= 0.3 is 51.4 Å². The van der Waals surface area contributed by atoms with E-state index in [1.807, 2.05) is 24.3 Å². The molecule has 0 fully saturated rings. The first kappa shape index (κ1) is 23.0. The molecule has 0 aliphatic carbocycles. The topological polar surface area (TPSA) is 43.4 Å². The maximum Gasteiger partial charge on any atom is 1.00 e. The van der Waals surface area contributed by atoms with Crippen LogP contribution in [0.2, 0.25) is 0 Å². The van der Waals surface area contributed by atoms with Crippen molar-refractivity contribution in [2.45, 2.75) is 26.2 Å². The number of amides is 1. The van der Waals surface area contributed by atoms with Gasteiger partial charge in [0.15, 0.2) is 0 Å². The molecule has 3 aromatic carbocycles. The summed E-state index contributed by atoms with van der Waals surface area (Å²) >= 11 is 0. The van der Waals surface area contributed by atoms with Crippen molar-refractivity contribution in [3.05, 3.63) is 89.6 Å². The number of hydrogen-bond donors (Lipinski definition) is 0. The molecule has 28 heavy (non-hydrogen) atoms. The molecule has 0 unspecified atom stereocenters. The van der Waals surface area contributed by atoms with Crippen LogP contribution in [-0.2, 0) is 11.2 Å². The van der Waals surface area contributed by atoms with Crippen LogP contribution in [0.3, 0.4) is 0 Å². The largest absolute Gasteiger partial charge is 1.00 e. The molecule has 0 saturated heterocycles. The van der Waals surface area contributed by atoms with E-state index in [2.05, 4.69) is 54.6 Å². The third-order valence-electron chi connectivity index (χ3n) is 4.64. The van der Waals surface area contributed by atoms with Crippen molar-refractivity contribution < 1.29 is 56.2 Å². The van der Waals surface area contributed by atoms with E-state index >= 15 is 0 Å². The quantitative estimate of drug-likeness (QED) is 0.454. The zero-order valence-corrected chi connectivity index (χ0v) is 19.7. The molecule has 1 amide bonds. The maximum atomic E-state index is 11.6. The van der Waals surface area contributed by atoms with Gasteiger partial charge in [0.1, 0.15) is 0 Å². The molecule has 3 rings (SSSR count). The summed E-state index contributed by atoms with van der Waals surface area (Å²) in [6, 6.07) is 27.3. The molecule has 0 bridgehead atoms. The number of carbonyl (C=O) groups excluding carboxylic acids is 1. The van der Waals surface area contributed by atoms with Gasteiger partial charge in [0.2, 0.25) is 5.91 Å². The second-order valence-corrected chi connectivity index (χ2v) is 6.60. The van der Waals surface area contributed by atoms with Gasteiger partial charge in [-0.3, -0.25) is 4.79 Å². The Labute approximate surface area is 209 Å². The van der Waals surface area contributed by atoms with Crippen LogP contribution in [0.5, 0.6) is 0 Å². The molecule has 3 nitrogen and oxygen atoms in total. The van der Waals surface area contributed by atoms with E-state index < -0.39 is 0 Å². The minimum Gasteiger partial charge on any atom is -0.756 e. The van der Waals surface area contributed by atoms with E-state index in [4.69, 9.17) is 0 Å². The van der Waals surface area contributed by atoms with Gasteiger partial charge in [0.05, 0.1) is 0 Å². The number of nitrogens with zero attached hydrogens (tertiary/aromatic N) is 1. The van der Waals surface area contributed by atoms with E-state index in [1.165, 1.54) is 22.3 Å². The van der Waals surface area contributed by atoms with Crippen LogP contribution in [0.1, 0.15) is 25.3 Å². The van der Waals surface area contributed by atoms with Crippen LogP contribution in [-0.4, -0.2) is 17.5 Å². The second kappa shape index (κ2) is 11.7. The van der Waals surface area contributed by atoms with Gasteiger partial charge in [0, 0.05) is 13.0 Å². The fourth-order valence-corrected chi connectivity index (χ4v) is 3.14. The molecule has 0 aliphatic heterocycles. The fourth-order valence-electron chi connectivity index (χ4n) is 3.14. The molecule has 0 spiro atoms. The van der Waals surface area contributed by atoms with Crippen LogP contribution >= 0.6 is 0 Å². The molecule has 3 aromatic rings. The Kier molecular flexibility index (Phi) is 9.58. The van der Waals surface area contributed by atoms with Gasteiger partial charge in [-0.25, -0.2) is 0 Å². The number of carbonyl (C=O) groups is 1. The van der Waals surface area contributed by atoms with Crippen LogP contribution in [0, 0.1) is 5.21 Å². The molecular formula is C24H24KNO2. The summed E-state index contributed by atoms with van der Waals surface area (Å²) in [6.45, 7) is 1.96. The van der Waals surface area contributed by atoms with Gasteiger partial charge in [-0.15, -0.1) is 0 Å². The van der Waals surface area contributed by atoms with Crippen molar-refractivity contribution in [2.75, 3.05) is 6.54 Å². The van der Waals surface area contributed by atoms with Crippen LogP contribution in [0.25, 0.3) is 22.3 Å². The zero-order valence-electron chi connectivity index (χ0n) is 16.6. The Balaban J connectivity index is 0.00000280. The predicted octanol–water partition coefficient (Wildman–Crippen LogP) is 2.69. The Hall–Kier alpha value is -1.27. The summed E-state index contributed by atoms with van der Waals surface area (Å²) in [5, 5.41) is 12.2. The molecular weight excluding hydrogens is 373 g/mol. The Bertz CT molecular complexity index is 896. The number of aryl methyl sites for hydroxylation is 1. The van der Waals surface area contributed by atoms with E-state index in [0.29, 0.717) is 11.5 Å². The number of benzene rings is 3. The minimum atomic E-state index is -0.346. The monoisotopic (exact) mass is 397 g/mol. The van der Waals surface area contributed by atoms with Crippen LogP contribution < -0.4 is 51.4 Å². The van der Waals surface area contributed by atoms with Gasteiger partial charge in [-0.1, -0.05) is 79.7 Å². The molecule has 138 valence electrons. The van der Waals surface area contributed by atoms with Gasteiger partial charge in [0.25, 0.3) is 0 Å². The Morgan fingerprint density at radius 1 is 0.821 bits per heavy atom. The molecule has 0 aromatic heterocycles. The van der Waals surface area contributed by atoms with Gasteiger partial charge in [-0.05, 0) is 46.7 Å². The first-order valence-corrected chi connectivity index (χ1v) is 9.39.